The minimum atomic E-state index is 0.647. The Morgan fingerprint density at radius 3 is 2.58 bits per heavy atom. The smallest absolute Gasteiger partial charge is 0.192 e. The first kappa shape index (κ1) is 7.10. The molecule has 0 saturated carbocycles. The van der Waals surface area contributed by atoms with E-state index in [2.05, 4.69) is 11.2 Å². The molecule has 12 heavy (non-hydrogen) atoms. The van der Waals surface area contributed by atoms with Gasteiger partial charge in [-0.1, -0.05) is 30.3 Å². The molecule has 1 radical (unpaired) electrons. The molecule has 0 amide bonds. The molecule has 1 heterocycles. The van der Waals surface area contributed by atoms with Gasteiger partial charge in [0.05, 0.1) is 0 Å². The molecule has 0 aliphatic rings. The maximum atomic E-state index is 5.30. The van der Waals surface area contributed by atoms with E-state index in [-0.39, 0.29) is 0 Å². The van der Waals surface area contributed by atoms with Crippen LogP contribution >= 0.6 is 0 Å². The Morgan fingerprint density at radius 2 is 2.00 bits per heavy atom. The average Bonchev–Trinajstić information content (AvgIpc) is 2.54. The summed E-state index contributed by atoms with van der Waals surface area (Å²) >= 11 is 0. The van der Waals surface area contributed by atoms with Crippen LogP contribution in [-0.4, -0.2) is 4.98 Å². The van der Waals surface area contributed by atoms with Gasteiger partial charge < -0.3 is 4.42 Å². The zero-order valence-corrected chi connectivity index (χ0v) is 6.74. The number of nitrogens with zero attached hydrogens (tertiary/aromatic N) is 1. The zero-order valence-electron chi connectivity index (χ0n) is 6.74. The van der Waals surface area contributed by atoms with Crippen molar-refractivity contribution in [2.75, 3.05) is 0 Å². The van der Waals surface area contributed by atoms with E-state index in [4.69, 9.17) is 4.42 Å². The first-order chi connectivity index (χ1) is 5.86. The Bertz CT molecular complexity index is 364. The molecule has 59 valence electrons. The van der Waals surface area contributed by atoms with Gasteiger partial charge in [0.1, 0.15) is 6.20 Å². The monoisotopic (exact) mass is 158 g/mol. The van der Waals surface area contributed by atoms with Crippen molar-refractivity contribution in [3.8, 4) is 11.3 Å². The van der Waals surface area contributed by atoms with E-state index < -0.39 is 0 Å². The number of aryl methyl sites for hydroxylation is 1. The maximum absolute atomic E-state index is 5.30. The largest absolute Gasteiger partial charge is 0.440 e. The van der Waals surface area contributed by atoms with Crippen LogP contribution in [0.15, 0.2) is 34.7 Å². The molecular formula is C10H8NO. The van der Waals surface area contributed by atoms with Crippen LogP contribution in [0.1, 0.15) is 5.89 Å². The van der Waals surface area contributed by atoms with Crippen LogP contribution in [0.4, 0.5) is 0 Å². The first-order valence-corrected chi connectivity index (χ1v) is 3.77. The minimum absolute atomic E-state index is 0.647. The van der Waals surface area contributed by atoms with Crippen molar-refractivity contribution < 1.29 is 4.42 Å². The highest BCUT2D eigenvalue weighted by Crippen LogP contribution is 2.18. The van der Waals surface area contributed by atoms with Gasteiger partial charge in [0.25, 0.3) is 0 Å². The summed E-state index contributed by atoms with van der Waals surface area (Å²) < 4.78 is 5.30. The van der Waals surface area contributed by atoms with Crippen molar-refractivity contribution in [2.45, 2.75) is 6.92 Å². The van der Waals surface area contributed by atoms with Crippen molar-refractivity contribution in [3.05, 3.63) is 42.4 Å². The molecule has 0 N–H and O–H groups in total. The summed E-state index contributed by atoms with van der Waals surface area (Å²) in [7, 11) is 0. The Balaban J connectivity index is 2.45. The number of oxazole rings is 1. The summed E-state index contributed by atoms with van der Waals surface area (Å²) in [5, 5.41) is 0. The van der Waals surface area contributed by atoms with Crippen molar-refractivity contribution in [1.29, 1.82) is 0 Å². The normalized spacial score (nSPS) is 10.1. The lowest BCUT2D eigenvalue weighted by atomic mass is 10.2. The summed E-state index contributed by atoms with van der Waals surface area (Å²) in [6.45, 7) is 1.81. The zero-order chi connectivity index (χ0) is 8.39. The second-order valence-corrected chi connectivity index (χ2v) is 2.54. The quantitative estimate of drug-likeness (QED) is 0.637. The van der Waals surface area contributed by atoms with Gasteiger partial charge in [0.2, 0.25) is 0 Å². The Labute approximate surface area is 70.9 Å². The fraction of sp³-hybridized carbons (Fsp3) is 0.100. The molecule has 2 heteroatoms. The molecule has 0 fully saturated rings. The Kier molecular flexibility index (Phi) is 1.67. The predicted molar refractivity (Wildman–Crippen MR) is 45.5 cm³/mol. The van der Waals surface area contributed by atoms with Crippen molar-refractivity contribution in [1.82, 2.24) is 4.98 Å². The van der Waals surface area contributed by atoms with Gasteiger partial charge in [-0.25, -0.2) is 4.98 Å². The number of rotatable bonds is 1. The van der Waals surface area contributed by atoms with E-state index in [0.717, 1.165) is 5.56 Å². The standard InChI is InChI=1S/C10H8NO/c1-8-11-7-10(12-8)9-5-3-2-4-6-9/h2-6H,1H3. The lowest BCUT2D eigenvalue weighted by molar-refractivity contribution is 0.534. The second kappa shape index (κ2) is 2.81. The second-order valence-electron chi connectivity index (χ2n) is 2.54. The van der Waals surface area contributed by atoms with Gasteiger partial charge in [-0.2, -0.15) is 0 Å². The topological polar surface area (TPSA) is 26.0 Å². The molecule has 0 saturated heterocycles. The van der Waals surface area contributed by atoms with Crippen LogP contribution in [0, 0.1) is 13.1 Å². The maximum Gasteiger partial charge on any atom is 0.192 e. The van der Waals surface area contributed by atoms with Crippen LogP contribution in [0.2, 0.25) is 0 Å². The molecule has 1 aromatic heterocycles. The first-order valence-electron chi connectivity index (χ1n) is 3.77. The highest BCUT2D eigenvalue weighted by Gasteiger charge is 2.01. The van der Waals surface area contributed by atoms with Crippen molar-refractivity contribution >= 4 is 0 Å². The summed E-state index contributed by atoms with van der Waals surface area (Å²) in [5.41, 5.74) is 1.01. The third-order valence-corrected chi connectivity index (χ3v) is 1.60. The molecular weight excluding hydrogens is 150 g/mol. The van der Waals surface area contributed by atoms with Gasteiger partial charge in [0, 0.05) is 12.5 Å². The van der Waals surface area contributed by atoms with E-state index in [9.17, 15) is 0 Å². The molecule has 2 rings (SSSR count). The number of benzene rings is 1. The third kappa shape index (κ3) is 1.23. The van der Waals surface area contributed by atoms with Gasteiger partial charge in [0.15, 0.2) is 11.7 Å². The lowest BCUT2D eigenvalue weighted by Gasteiger charge is -1.91. The van der Waals surface area contributed by atoms with Crippen LogP contribution in [0.5, 0.6) is 0 Å². The molecule has 0 unspecified atom stereocenters. The number of hydrogen-bond donors (Lipinski definition) is 0. The predicted octanol–water partition coefficient (Wildman–Crippen LogP) is 2.45. The average molecular weight is 158 g/mol. The van der Waals surface area contributed by atoms with E-state index >= 15 is 0 Å². The van der Waals surface area contributed by atoms with E-state index in [1.165, 1.54) is 0 Å². The fourth-order valence-electron chi connectivity index (χ4n) is 1.04. The van der Waals surface area contributed by atoms with Crippen LogP contribution in [0.25, 0.3) is 11.3 Å². The lowest BCUT2D eigenvalue weighted by Crippen LogP contribution is -1.70. The molecule has 0 atom stereocenters. The highest BCUT2D eigenvalue weighted by molar-refractivity contribution is 5.55. The van der Waals surface area contributed by atoms with Gasteiger partial charge in [-0.15, -0.1) is 0 Å². The van der Waals surface area contributed by atoms with Crippen molar-refractivity contribution in [3.63, 3.8) is 0 Å². The summed E-state index contributed by atoms with van der Waals surface area (Å²) in [6.07, 6.45) is 2.81. The molecule has 1 aromatic carbocycles. The Morgan fingerprint density at radius 1 is 1.25 bits per heavy atom. The number of hydrogen-bond acceptors (Lipinski definition) is 2. The van der Waals surface area contributed by atoms with Crippen molar-refractivity contribution in [2.24, 2.45) is 0 Å². The molecule has 0 aliphatic heterocycles. The Hall–Kier alpha value is -1.57. The van der Waals surface area contributed by atoms with E-state index in [0.29, 0.717) is 11.7 Å². The van der Waals surface area contributed by atoms with Gasteiger partial charge in [-0.3, -0.25) is 0 Å². The summed E-state index contributed by atoms with van der Waals surface area (Å²) in [4.78, 5) is 3.90. The summed E-state index contributed by atoms with van der Waals surface area (Å²) in [6, 6.07) is 9.82. The van der Waals surface area contributed by atoms with Gasteiger partial charge >= 0.3 is 0 Å². The van der Waals surface area contributed by atoms with E-state index in [1.807, 2.05) is 37.3 Å². The molecule has 0 spiro atoms. The minimum Gasteiger partial charge on any atom is -0.440 e. The van der Waals surface area contributed by atoms with E-state index in [1.54, 1.807) is 0 Å². The molecule has 2 nitrogen and oxygen atoms in total. The SMILES string of the molecule is Cc1n[c]c(-c2ccccc2)o1. The third-order valence-electron chi connectivity index (χ3n) is 1.60. The van der Waals surface area contributed by atoms with Crippen LogP contribution in [0.3, 0.4) is 0 Å². The van der Waals surface area contributed by atoms with Crippen LogP contribution < -0.4 is 0 Å². The molecule has 2 aromatic rings. The number of aromatic nitrogens is 1. The highest BCUT2D eigenvalue weighted by atomic mass is 16.4. The molecule has 0 aliphatic carbocycles. The van der Waals surface area contributed by atoms with Crippen LogP contribution in [-0.2, 0) is 0 Å². The molecule has 0 bridgehead atoms. The summed E-state index contributed by atoms with van der Waals surface area (Å²) in [5.74, 6) is 1.35. The van der Waals surface area contributed by atoms with Gasteiger partial charge in [-0.05, 0) is 0 Å². The fourth-order valence-corrected chi connectivity index (χ4v) is 1.04.